The van der Waals surface area contributed by atoms with E-state index in [0.29, 0.717) is 11.5 Å². The number of nitrogens with zero attached hydrogens (tertiary/aromatic N) is 3. The van der Waals surface area contributed by atoms with Crippen LogP contribution in [0.15, 0.2) is 35.9 Å². The molecule has 1 aromatic carbocycles. The number of allylic oxidation sites excluding steroid dienone is 2. The summed E-state index contributed by atoms with van der Waals surface area (Å²) in [7, 11) is 0. The van der Waals surface area contributed by atoms with E-state index in [1.807, 2.05) is 13.0 Å². The quantitative estimate of drug-likeness (QED) is 0.673. The second kappa shape index (κ2) is 7.54. The van der Waals surface area contributed by atoms with Crippen molar-refractivity contribution >= 4 is 5.78 Å². The van der Waals surface area contributed by atoms with E-state index in [4.69, 9.17) is 4.98 Å². The first-order chi connectivity index (χ1) is 14.3. The van der Waals surface area contributed by atoms with Gasteiger partial charge in [0, 0.05) is 29.1 Å². The van der Waals surface area contributed by atoms with Gasteiger partial charge in [-0.25, -0.2) is 4.98 Å². The molecular formula is C26H31N3O. The summed E-state index contributed by atoms with van der Waals surface area (Å²) in [5.74, 6) is 1.54. The van der Waals surface area contributed by atoms with Crippen LogP contribution >= 0.6 is 0 Å². The predicted molar refractivity (Wildman–Crippen MR) is 119 cm³/mol. The molecule has 2 aliphatic carbocycles. The van der Waals surface area contributed by atoms with Gasteiger partial charge in [-0.15, -0.1) is 0 Å². The summed E-state index contributed by atoms with van der Waals surface area (Å²) in [6, 6.07) is 10.9. The van der Waals surface area contributed by atoms with E-state index >= 15 is 0 Å². The Hall–Kier alpha value is -2.67. The van der Waals surface area contributed by atoms with Crippen LogP contribution in [0.2, 0.25) is 0 Å². The summed E-state index contributed by atoms with van der Waals surface area (Å²) in [5, 5.41) is 9.56. The molecule has 0 N–H and O–H groups in total. The van der Waals surface area contributed by atoms with Gasteiger partial charge in [0.25, 0.3) is 0 Å². The molecule has 2 aliphatic rings. The lowest BCUT2D eigenvalue weighted by Crippen LogP contribution is -2.45. The molecule has 1 aromatic heterocycles. The molecule has 0 spiro atoms. The van der Waals surface area contributed by atoms with Crippen LogP contribution in [-0.2, 0) is 23.2 Å². The first kappa shape index (κ1) is 20.6. The largest absolute Gasteiger partial charge is 0.328 e. The lowest BCUT2D eigenvalue weighted by Gasteiger charge is -2.44. The Kier molecular flexibility index (Phi) is 5.18. The van der Waals surface area contributed by atoms with Gasteiger partial charge in [-0.2, -0.15) is 5.26 Å². The van der Waals surface area contributed by atoms with Gasteiger partial charge in [0.1, 0.15) is 11.9 Å². The highest BCUT2D eigenvalue weighted by Gasteiger charge is 2.50. The fourth-order valence-electron chi connectivity index (χ4n) is 5.47. The Morgan fingerprint density at radius 2 is 2.00 bits per heavy atom. The Morgan fingerprint density at radius 3 is 2.60 bits per heavy atom. The second-order valence-corrected chi connectivity index (χ2v) is 9.41. The first-order valence-electron chi connectivity index (χ1n) is 11.2. The summed E-state index contributed by atoms with van der Waals surface area (Å²) in [5.41, 5.74) is 4.70. The monoisotopic (exact) mass is 401 g/mol. The molecule has 0 saturated heterocycles. The van der Waals surface area contributed by atoms with Gasteiger partial charge in [0.15, 0.2) is 5.78 Å². The maximum atomic E-state index is 12.6. The molecule has 0 fully saturated rings. The van der Waals surface area contributed by atoms with Crippen LogP contribution in [-0.4, -0.2) is 15.3 Å². The molecule has 0 amide bonds. The molecule has 2 aromatic rings. The third-order valence-electron chi connectivity index (χ3n) is 7.18. The van der Waals surface area contributed by atoms with Crippen LogP contribution in [0.4, 0.5) is 0 Å². The number of imidazole rings is 1. The number of benzene rings is 1. The Bertz CT molecular complexity index is 1050. The van der Waals surface area contributed by atoms with Crippen LogP contribution in [0.1, 0.15) is 70.3 Å². The summed E-state index contributed by atoms with van der Waals surface area (Å²) < 4.78 is 2.38. The van der Waals surface area contributed by atoms with Gasteiger partial charge in [-0.05, 0) is 36.7 Å². The third-order valence-corrected chi connectivity index (χ3v) is 7.18. The van der Waals surface area contributed by atoms with Crippen molar-refractivity contribution < 1.29 is 4.79 Å². The number of hydrogen-bond donors (Lipinski definition) is 0. The van der Waals surface area contributed by atoms with E-state index in [0.717, 1.165) is 42.9 Å². The fourth-order valence-corrected chi connectivity index (χ4v) is 5.47. The molecule has 156 valence electrons. The number of ketones is 1. The average Bonchev–Trinajstić information content (AvgIpc) is 3.11. The normalized spacial score (nSPS) is 25.5. The summed E-state index contributed by atoms with van der Waals surface area (Å²) in [6.07, 6.45) is 4.83. The summed E-state index contributed by atoms with van der Waals surface area (Å²) in [6.45, 7) is 11.7. The van der Waals surface area contributed by atoms with Crippen molar-refractivity contribution in [1.82, 2.24) is 9.55 Å². The SMILES string of the molecule is CCCn1c(-c2ccc(C(C)C)cc2)nc2c1CC[C@@H]1[C@@H](C)C(=O)C(C#N)=C[C@@]21C. The van der Waals surface area contributed by atoms with Gasteiger partial charge in [0.05, 0.1) is 11.3 Å². The molecule has 0 aliphatic heterocycles. The highest BCUT2D eigenvalue weighted by molar-refractivity contribution is 6.02. The number of Topliss-reactive ketones (excluding diaryl/α,β-unsaturated/α-hetero) is 1. The van der Waals surface area contributed by atoms with E-state index in [9.17, 15) is 10.1 Å². The highest BCUT2D eigenvalue weighted by Crippen LogP contribution is 2.50. The van der Waals surface area contributed by atoms with Crippen molar-refractivity contribution in [3.63, 3.8) is 0 Å². The number of carbonyl (C=O) groups excluding carboxylic acids is 1. The zero-order valence-corrected chi connectivity index (χ0v) is 18.7. The van der Waals surface area contributed by atoms with E-state index in [1.165, 1.54) is 11.3 Å². The number of rotatable bonds is 4. The average molecular weight is 402 g/mol. The van der Waals surface area contributed by atoms with Crippen molar-refractivity contribution in [2.75, 3.05) is 0 Å². The van der Waals surface area contributed by atoms with Gasteiger partial charge < -0.3 is 4.57 Å². The maximum absolute atomic E-state index is 12.6. The number of hydrogen-bond acceptors (Lipinski definition) is 3. The lowest BCUT2D eigenvalue weighted by atomic mass is 9.58. The first-order valence-corrected chi connectivity index (χ1v) is 11.2. The van der Waals surface area contributed by atoms with E-state index in [1.54, 1.807) is 0 Å². The molecule has 4 rings (SSSR count). The zero-order chi connectivity index (χ0) is 21.6. The van der Waals surface area contributed by atoms with Crippen LogP contribution in [0.3, 0.4) is 0 Å². The molecule has 3 atom stereocenters. The predicted octanol–water partition coefficient (Wildman–Crippen LogP) is 5.57. The number of fused-ring (bicyclic) bond motifs is 3. The van der Waals surface area contributed by atoms with Gasteiger partial charge in [0.2, 0.25) is 0 Å². The number of nitriles is 1. The van der Waals surface area contributed by atoms with Crippen molar-refractivity contribution in [2.45, 2.75) is 71.8 Å². The van der Waals surface area contributed by atoms with Gasteiger partial charge >= 0.3 is 0 Å². The Balaban J connectivity index is 1.89. The molecule has 0 unspecified atom stereocenters. The minimum Gasteiger partial charge on any atom is -0.328 e. The standard InChI is InChI=1S/C26H31N3O/c1-6-13-29-22-12-11-21-17(4)23(30)20(15-27)14-26(21,5)24(22)28-25(29)19-9-7-18(8-10-19)16(2)3/h7-10,14,16-17,21H,6,11-13H2,1-5H3/t17-,21-,26-/m1/s1. The highest BCUT2D eigenvalue weighted by atomic mass is 16.1. The van der Waals surface area contributed by atoms with E-state index in [-0.39, 0.29) is 23.0 Å². The van der Waals surface area contributed by atoms with Crippen molar-refractivity contribution in [2.24, 2.45) is 11.8 Å². The number of carbonyl (C=O) groups is 1. The van der Waals surface area contributed by atoms with E-state index in [2.05, 4.69) is 62.6 Å². The van der Waals surface area contributed by atoms with Crippen LogP contribution < -0.4 is 0 Å². The molecular weight excluding hydrogens is 370 g/mol. The summed E-state index contributed by atoms with van der Waals surface area (Å²) in [4.78, 5) is 17.8. The number of aromatic nitrogens is 2. The molecule has 0 bridgehead atoms. The van der Waals surface area contributed by atoms with Crippen LogP contribution in [0.5, 0.6) is 0 Å². The molecule has 4 nitrogen and oxygen atoms in total. The summed E-state index contributed by atoms with van der Waals surface area (Å²) >= 11 is 0. The van der Waals surface area contributed by atoms with Crippen molar-refractivity contribution in [1.29, 1.82) is 5.26 Å². The minimum absolute atomic E-state index is 0.0130. The smallest absolute Gasteiger partial charge is 0.176 e. The minimum atomic E-state index is -0.377. The van der Waals surface area contributed by atoms with Crippen molar-refractivity contribution in [3.05, 3.63) is 52.9 Å². The zero-order valence-electron chi connectivity index (χ0n) is 18.7. The van der Waals surface area contributed by atoms with Gasteiger partial charge in [-0.3, -0.25) is 4.79 Å². The second-order valence-electron chi connectivity index (χ2n) is 9.41. The third kappa shape index (κ3) is 3.03. The molecule has 30 heavy (non-hydrogen) atoms. The van der Waals surface area contributed by atoms with Gasteiger partial charge in [-0.1, -0.05) is 65.0 Å². The molecule has 1 heterocycles. The Labute approximate surface area is 179 Å². The van der Waals surface area contributed by atoms with E-state index < -0.39 is 0 Å². The topological polar surface area (TPSA) is 58.7 Å². The molecule has 0 saturated carbocycles. The molecule has 0 radical (unpaired) electrons. The van der Waals surface area contributed by atoms with Crippen LogP contribution in [0, 0.1) is 23.2 Å². The fraction of sp³-hybridized carbons (Fsp3) is 0.500. The molecule has 4 heteroatoms. The maximum Gasteiger partial charge on any atom is 0.176 e. The lowest BCUT2D eigenvalue weighted by molar-refractivity contribution is -0.121. The Morgan fingerprint density at radius 1 is 1.30 bits per heavy atom. The van der Waals surface area contributed by atoms with Crippen LogP contribution in [0.25, 0.3) is 11.4 Å². The van der Waals surface area contributed by atoms with Crippen molar-refractivity contribution in [3.8, 4) is 17.5 Å².